The van der Waals surface area contributed by atoms with Gasteiger partial charge in [0.2, 0.25) is 0 Å². The summed E-state index contributed by atoms with van der Waals surface area (Å²) >= 11 is 0. The van der Waals surface area contributed by atoms with Crippen LogP contribution < -0.4 is 0 Å². The third-order valence-corrected chi connectivity index (χ3v) is 12.3. The Bertz CT molecular complexity index is 1350. The second-order valence-corrected chi connectivity index (χ2v) is 17.6. The molecular formula is C55H90N2. The van der Waals surface area contributed by atoms with Gasteiger partial charge in [0.05, 0.1) is 5.57 Å². The molecule has 0 saturated heterocycles. The van der Waals surface area contributed by atoms with E-state index in [2.05, 4.69) is 86.9 Å². The van der Waals surface area contributed by atoms with Crippen LogP contribution in [0.15, 0.2) is 59.7 Å². The number of allylic oxidation sites excluding steroid dienone is 2. The summed E-state index contributed by atoms with van der Waals surface area (Å²) in [5.74, 6) is 3.07. The zero-order valence-electron chi connectivity index (χ0n) is 38.3. The molecule has 320 valence electrons. The first kappa shape index (κ1) is 50.5. The highest BCUT2D eigenvalue weighted by Crippen LogP contribution is 2.35. The molecule has 0 amide bonds. The largest absolute Gasteiger partial charge is 0.348 e. The number of hydrogen-bond donors (Lipinski definition) is 0. The van der Waals surface area contributed by atoms with Crippen molar-refractivity contribution in [1.29, 1.82) is 0 Å². The molecule has 0 saturated carbocycles. The standard InChI is InChI=1S/C55H90N2/c1-5-8-11-13-15-16-17-18-19-20-21-22-23-24-25-26-27-28-29-30-31-32-33-35-38-50-39-37-41-52(47-50)55(51-45-43-49(4)44-46-51)54(42-10-7-3)53(48-57-56)40-36-34-14-12-9-6-2/h37,39,41,43-47H,5-36,38,40,42H2,1-4H3. The summed E-state index contributed by atoms with van der Waals surface area (Å²) in [6, 6.07) is 18.3. The van der Waals surface area contributed by atoms with Gasteiger partial charge in [-0.1, -0.05) is 261 Å². The fraction of sp³-hybridized carbons (Fsp3) is 0.709. The van der Waals surface area contributed by atoms with Crippen molar-refractivity contribution < 1.29 is 4.79 Å². The molecule has 57 heavy (non-hydrogen) atoms. The summed E-state index contributed by atoms with van der Waals surface area (Å²) in [5.41, 5.74) is 18.7. The highest BCUT2D eigenvalue weighted by molar-refractivity contribution is 5.87. The lowest BCUT2D eigenvalue weighted by molar-refractivity contribution is 0.00739. The molecule has 0 spiro atoms. The minimum Gasteiger partial charge on any atom is -0.348 e. The van der Waals surface area contributed by atoms with Crippen LogP contribution in [0.1, 0.15) is 261 Å². The Labute approximate surface area is 354 Å². The zero-order chi connectivity index (χ0) is 40.9. The lowest BCUT2D eigenvalue weighted by atomic mass is 9.84. The number of nitrogens with zero attached hydrogens (tertiary/aromatic N) is 2. The highest BCUT2D eigenvalue weighted by atomic mass is 14.8. The van der Waals surface area contributed by atoms with E-state index in [-0.39, 0.29) is 0 Å². The van der Waals surface area contributed by atoms with E-state index < -0.39 is 0 Å². The Morgan fingerprint density at radius 3 is 1.32 bits per heavy atom. The number of aryl methyl sites for hydroxylation is 2. The minimum atomic E-state index is 0.907. The monoisotopic (exact) mass is 779 g/mol. The molecule has 2 aromatic rings. The maximum absolute atomic E-state index is 9.76. The molecule has 0 fully saturated rings. The summed E-state index contributed by atoms with van der Waals surface area (Å²) in [4.78, 5) is 3.49. The van der Waals surface area contributed by atoms with Crippen LogP contribution in [0.2, 0.25) is 0 Å². The van der Waals surface area contributed by atoms with Gasteiger partial charge in [0.25, 0.3) is 0 Å². The molecule has 2 heteroatoms. The quantitative estimate of drug-likeness (QED) is 0.0214. The van der Waals surface area contributed by atoms with Crippen molar-refractivity contribution in [3.63, 3.8) is 0 Å². The molecule has 0 radical (unpaired) electrons. The first-order valence-electron chi connectivity index (χ1n) is 25.0. The molecular weight excluding hydrogens is 689 g/mol. The molecule has 0 unspecified atom stereocenters. The van der Waals surface area contributed by atoms with Crippen molar-refractivity contribution in [2.24, 2.45) is 0 Å². The maximum atomic E-state index is 9.76. The molecule has 2 nitrogen and oxygen atoms in total. The van der Waals surface area contributed by atoms with Crippen LogP contribution >= 0.6 is 0 Å². The normalized spacial score (nSPS) is 11.7. The van der Waals surface area contributed by atoms with Gasteiger partial charge in [-0.05, 0) is 73.3 Å². The fourth-order valence-electron chi connectivity index (χ4n) is 8.61. The predicted molar refractivity (Wildman–Crippen MR) is 253 cm³/mol. The van der Waals surface area contributed by atoms with Crippen LogP contribution in [-0.4, -0.2) is 10.7 Å². The van der Waals surface area contributed by atoms with Crippen molar-refractivity contribution >= 4 is 11.4 Å². The third kappa shape index (κ3) is 25.4. The van der Waals surface area contributed by atoms with Crippen molar-refractivity contribution in [3.05, 3.63) is 87.5 Å². The van der Waals surface area contributed by atoms with Crippen LogP contribution in [0.25, 0.3) is 11.1 Å². The Balaban J connectivity index is 1.73. The first-order chi connectivity index (χ1) is 28.1. The van der Waals surface area contributed by atoms with Gasteiger partial charge in [-0.3, -0.25) is 0 Å². The second kappa shape index (κ2) is 36.4. The third-order valence-electron chi connectivity index (χ3n) is 12.3. The summed E-state index contributed by atoms with van der Waals surface area (Å²) in [5, 5.41) is 0. The number of hydrogen-bond acceptors (Lipinski definition) is 0. The number of rotatable bonds is 38. The van der Waals surface area contributed by atoms with Gasteiger partial charge in [-0.25, -0.2) is 0 Å². The predicted octanol–water partition coefficient (Wildman–Crippen LogP) is 18.5. The SMILES string of the molecule is CCCCCCCCCCCCCCCCCCCCCCCCCCc1cccc(C(=C(CCCC)C(=C=[N+]=[N-])CCCCCCCC)c2ccc(C)cc2)c1. The second-order valence-electron chi connectivity index (χ2n) is 17.6. The molecule has 0 bridgehead atoms. The highest BCUT2D eigenvalue weighted by Gasteiger charge is 2.18. The van der Waals surface area contributed by atoms with E-state index in [0.717, 1.165) is 44.1 Å². The molecule has 0 aliphatic carbocycles. The Kier molecular flexibility index (Phi) is 32.3. The smallest absolute Gasteiger partial charge is 0.303 e. The Morgan fingerprint density at radius 2 is 0.877 bits per heavy atom. The summed E-state index contributed by atoms with van der Waals surface area (Å²) in [6.45, 7) is 9.01. The summed E-state index contributed by atoms with van der Waals surface area (Å²) < 4.78 is 0. The van der Waals surface area contributed by atoms with Gasteiger partial charge in [0.15, 0.2) is 0 Å². The maximum Gasteiger partial charge on any atom is 0.303 e. The molecule has 0 aliphatic rings. The zero-order valence-corrected chi connectivity index (χ0v) is 38.3. The topological polar surface area (TPSA) is 36.4 Å². The van der Waals surface area contributed by atoms with E-state index in [0.29, 0.717) is 0 Å². The van der Waals surface area contributed by atoms with Gasteiger partial charge < -0.3 is 5.53 Å². The Hall–Kier alpha value is -2.66. The van der Waals surface area contributed by atoms with Gasteiger partial charge in [-0.2, -0.15) is 0 Å². The molecule has 2 aromatic carbocycles. The number of benzene rings is 2. The van der Waals surface area contributed by atoms with Crippen LogP contribution in [0.4, 0.5) is 0 Å². The van der Waals surface area contributed by atoms with Crippen LogP contribution in [0.3, 0.4) is 0 Å². The average molecular weight is 779 g/mol. The van der Waals surface area contributed by atoms with Crippen molar-refractivity contribution in [2.45, 2.75) is 252 Å². The minimum absolute atomic E-state index is 0.907. The van der Waals surface area contributed by atoms with Gasteiger partial charge in [0, 0.05) is 0 Å². The van der Waals surface area contributed by atoms with Gasteiger partial charge >= 0.3 is 5.87 Å². The van der Waals surface area contributed by atoms with E-state index in [1.54, 1.807) is 0 Å². The van der Waals surface area contributed by atoms with Crippen LogP contribution in [0, 0.1) is 6.92 Å². The average Bonchev–Trinajstić information content (AvgIpc) is 3.22. The number of unbranched alkanes of at least 4 members (excludes halogenated alkanes) is 29. The summed E-state index contributed by atoms with van der Waals surface area (Å²) in [6.07, 6.45) is 47.1. The van der Waals surface area contributed by atoms with Crippen molar-refractivity contribution in [3.8, 4) is 0 Å². The lowest BCUT2D eigenvalue weighted by Crippen LogP contribution is -2.02. The van der Waals surface area contributed by atoms with Crippen molar-refractivity contribution in [2.75, 3.05) is 0 Å². The molecule has 2 rings (SSSR count). The fourth-order valence-corrected chi connectivity index (χ4v) is 8.61. The lowest BCUT2D eigenvalue weighted by Gasteiger charge is -2.18. The van der Waals surface area contributed by atoms with Gasteiger partial charge in [0.1, 0.15) is 0 Å². The van der Waals surface area contributed by atoms with E-state index in [1.807, 2.05) is 0 Å². The molecule has 0 N–H and O–H groups in total. The van der Waals surface area contributed by atoms with E-state index in [1.165, 1.54) is 220 Å². The van der Waals surface area contributed by atoms with Crippen LogP contribution in [-0.2, 0) is 6.42 Å². The Morgan fingerprint density at radius 1 is 0.456 bits per heavy atom. The van der Waals surface area contributed by atoms with E-state index in [9.17, 15) is 5.53 Å². The summed E-state index contributed by atoms with van der Waals surface area (Å²) in [7, 11) is 0. The molecule has 0 aliphatic heterocycles. The first-order valence-corrected chi connectivity index (χ1v) is 25.0. The van der Waals surface area contributed by atoms with Gasteiger partial charge in [-0.15, -0.1) is 4.79 Å². The van der Waals surface area contributed by atoms with E-state index in [4.69, 9.17) is 0 Å². The molecule has 0 aromatic heterocycles. The van der Waals surface area contributed by atoms with E-state index >= 15 is 0 Å². The van der Waals surface area contributed by atoms with Crippen LogP contribution in [0.5, 0.6) is 0 Å². The van der Waals surface area contributed by atoms with Crippen molar-refractivity contribution in [1.82, 2.24) is 0 Å². The molecule has 0 atom stereocenters. The molecule has 0 heterocycles.